The molecule has 1 N–H and O–H groups in total. The number of nitrogens with one attached hydrogen (secondary N) is 1. The molecule has 3 aromatic rings. The molecule has 1 amide bonds. The summed E-state index contributed by atoms with van der Waals surface area (Å²) in [6.45, 7) is 4.06. The van der Waals surface area contributed by atoms with Crippen molar-refractivity contribution in [3.8, 4) is 16.3 Å². The molecule has 3 rings (SSSR count). The van der Waals surface area contributed by atoms with E-state index in [9.17, 15) is 4.79 Å². The van der Waals surface area contributed by atoms with Crippen LogP contribution in [-0.4, -0.2) is 17.0 Å². The number of carbonyl (C=O) groups excluding carboxylic acids is 1. The van der Waals surface area contributed by atoms with Crippen LogP contribution in [0.3, 0.4) is 0 Å². The van der Waals surface area contributed by atoms with Crippen LogP contribution < -0.4 is 10.1 Å². The summed E-state index contributed by atoms with van der Waals surface area (Å²) in [5.74, 6) is 0.172. The average molecular weight is 421 g/mol. The summed E-state index contributed by atoms with van der Waals surface area (Å²) >= 11 is 13.5. The molecule has 0 aliphatic heterocycles. The molecule has 0 spiro atoms. The summed E-state index contributed by atoms with van der Waals surface area (Å²) in [4.78, 5) is 16.9. The van der Waals surface area contributed by atoms with E-state index in [1.165, 1.54) is 5.56 Å². The van der Waals surface area contributed by atoms with Gasteiger partial charge in [-0.2, -0.15) is 0 Å². The zero-order valence-electron chi connectivity index (χ0n) is 14.8. The summed E-state index contributed by atoms with van der Waals surface area (Å²) in [5.41, 5.74) is 3.08. The van der Waals surface area contributed by atoms with Crippen LogP contribution >= 0.6 is 34.5 Å². The number of carbonyl (C=O) groups is 1. The van der Waals surface area contributed by atoms with Gasteiger partial charge in [0.2, 0.25) is 0 Å². The second kappa shape index (κ2) is 8.74. The lowest BCUT2D eigenvalue weighted by Gasteiger charge is -2.15. The van der Waals surface area contributed by atoms with Crippen molar-refractivity contribution in [1.29, 1.82) is 0 Å². The van der Waals surface area contributed by atoms with Crippen molar-refractivity contribution in [2.24, 2.45) is 0 Å². The molecule has 0 radical (unpaired) electrons. The molecule has 0 aliphatic rings. The minimum atomic E-state index is -0.696. The number of amides is 1. The Bertz CT molecular complexity index is 959. The Hall–Kier alpha value is -2.08. The predicted molar refractivity (Wildman–Crippen MR) is 111 cm³/mol. The van der Waals surface area contributed by atoms with Crippen molar-refractivity contribution in [2.45, 2.75) is 26.5 Å². The lowest BCUT2D eigenvalue weighted by atomic mass is 10.1. The van der Waals surface area contributed by atoms with E-state index in [0.717, 1.165) is 16.3 Å². The molecule has 27 heavy (non-hydrogen) atoms. The van der Waals surface area contributed by atoms with E-state index in [4.69, 9.17) is 27.9 Å². The van der Waals surface area contributed by atoms with Crippen LogP contribution in [0, 0.1) is 6.92 Å². The van der Waals surface area contributed by atoms with Gasteiger partial charge in [-0.1, -0.05) is 47.5 Å². The van der Waals surface area contributed by atoms with E-state index in [1.807, 2.05) is 23.6 Å². The minimum absolute atomic E-state index is 0.244. The number of thiazole rings is 1. The highest BCUT2D eigenvalue weighted by atomic mass is 35.5. The van der Waals surface area contributed by atoms with Crippen LogP contribution in [0.4, 0.5) is 0 Å². The summed E-state index contributed by atoms with van der Waals surface area (Å²) in [5, 5.41) is 6.60. The summed E-state index contributed by atoms with van der Waals surface area (Å²) < 4.78 is 5.62. The topological polar surface area (TPSA) is 51.2 Å². The first-order chi connectivity index (χ1) is 12.9. The fraction of sp³-hybridized carbons (Fsp3) is 0.200. The molecule has 140 valence electrons. The number of ether oxygens (including phenoxy) is 1. The molecular weight excluding hydrogens is 403 g/mol. The number of hydrogen-bond donors (Lipinski definition) is 1. The maximum atomic E-state index is 12.3. The lowest BCUT2D eigenvalue weighted by molar-refractivity contribution is -0.127. The van der Waals surface area contributed by atoms with Gasteiger partial charge >= 0.3 is 0 Å². The Kier molecular flexibility index (Phi) is 6.37. The third-order valence-electron chi connectivity index (χ3n) is 3.94. The van der Waals surface area contributed by atoms with Crippen molar-refractivity contribution in [3.05, 3.63) is 69.1 Å². The Labute approximate surface area is 172 Å². The number of halogens is 2. The van der Waals surface area contributed by atoms with Gasteiger partial charge in [-0.05, 0) is 37.6 Å². The van der Waals surface area contributed by atoms with Gasteiger partial charge in [0.25, 0.3) is 5.91 Å². The first-order valence-corrected chi connectivity index (χ1v) is 9.97. The van der Waals surface area contributed by atoms with Gasteiger partial charge < -0.3 is 10.1 Å². The fourth-order valence-electron chi connectivity index (χ4n) is 2.46. The Balaban J connectivity index is 1.58. The van der Waals surface area contributed by atoms with Crippen molar-refractivity contribution < 1.29 is 9.53 Å². The molecule has 1 heterocycles. The molecule has 0 aliphatic carbocycles. The molecule has 7 heteroatoms. The van der Waals surface area contributed by atoms with Crippen molar-refractivity contribution in [1.82, 2.24) is 10.3 Å². The first kappa shape index (κ1) is 19.7. The molecule has 2 aromatic carbocycles. The molecule has 0 saturated carbocycles. The second-order valence-electron chi connectivity index (χ2n) is 6.01. The van der Waals surface area contributed by atoms with E-state index >= 15 is 0 Å². The first-order valence-electron chi connectivity index (χ1n) is 8.34. The number of rotatable bonds is 6. The monoisotopic (exact) mass is 420 g/mol. The van der Waals surface area contributed by atoms with E-state index in [2.05, 4.69) is 23.3 Å². The zero-order chi connectivity index (χ0) is 19.4. The number of hydrogen-bond acceptors (Lipinski definition) is 4. The quantitative estimate of drug-likeness (QED) is 0.571. The highest BCUT2D eigenvalue weighted by molar-refractivity contribution is 7.13. The SMILES string of the molecule is Cc1ccccc1-c1nc(CNC(=O)C(C)Oc2ccc(Cl)cc2Cl)cs1. The number of nitrogens with zero attached hydrogens (tertiary/aromatic N) is 1. The van der Waals surface area contributed by atoms with Crippen LogP contribution in [0.15, 0.2) is 47.8 Å². The zero-order valence-corrected chi connectivity index (χ0v) is 17.2. The third-order valence-corrected chi connectivity index (χ3v) is 5.39. The van der Waals surface area contributed by atoms with Gasteiger partial charge in [-0.3, -0.25) is 4.79 Å². The summed E-state index contributed by atoms with van der Waals surface area (Å²) in [6, 6.07) is 13.0. The molecule has 1 aromatic heterocycles. The molecule has 1 atom stereocenters. The average Bonchev–Trinajstić information content (AvgIpc) is 3.11. The standard InChI is InChI=1S/C20H18Cl2N2O2S/c1-12-5-3-4-6-16(12)20-24-15(11-27-20)10-23-19(25)13(2)26-18-8-7-14(21)9-17(18)22/h3-9,11,13H,10H2,1-2H3,(H,23,25). The molecule has 1 unspecified atom stereocenters. The van der Waals surface area contributed by atoms with Crippen LogP contribution in [0.5, 0.6) is 5.75 Å². The van der Waals surface area contributed by atoms with E-state index in [0.29, 0.717) is 22.3 Å². The van der Waals surface area contributed by atoms with Crippen LogP contribution in [-0.2, 0) is 11.3 Å². The largest absolute Gasteiger partial charge is 0.479 e. The van der Waals surface area contributed by atoms with Crippen LogP contribution in [0.1, 0.15) is 18.2 Å². The van der Waals surface area contributed by atoms with E-state index in [-0.39, 0.29) is 5.91 Å². The smallest absolute Gasteiger partial charge is 0.261 e. The highest BCUT2D eigenvalue weighted by Crippen LogP contribution is 2.28. The van der Waals surface area contributed by atoms with Gasteiger partial charge in [0.05, 0.1) is 17.3 Å². The number of aryl methyl sites for hydroxylation is 1. The number of aromatic nitrogens is 1. The van der Waals surface area contributed by atoms with Gasteiger partial charge in [0.15, 0.2) is 6.10 Å². The Morgan fingerprint density at radius 3 is 2.78 bits per heavy atom. The second-order valence-corrected chi connectivity index (χ2v) is 7.71. The van der Waals surface area contributed by atoms with Gasteiger partial charge in [-0.25, -0.2) is 4.98 Å². The molecule has 0 bridgehead atoms. The molecule has 0 fully saturated rings. The van der Waals surface area contributed by atoms with Gasteiger partial charge in [-0.15, -0.1) is 11.3 Å². The Morgan fingerprint density at radius 1 is 1.26 bits per heavy atom. The van der Waals surface area contributed by atoms with Crippen molar-refractivity contribution in [2.75, 3.05) is 0 Å². The lowest BCUT2D eigenvalue weighted by Crippen LogP contribution is -2.36. The molecular formula is C20H18Cl2N2O2S. The molecule has 4 nitrogen and oxygen atoms in total. The summed E-state index contributed by atoms with van der Waals surface area (Å²) in [7, 11) is 0. The van der Waals surface area contributed by atoms with Gasteiger partial charge in [0, 0.05) is 16.0 Å². The van der Waals surface area contributed by atoms with E-state index in [1.54, 1.807) is 36.5 Å². The maximum Gasteiger partial charge on any atom is 0.261 e. The van der Waals surface area contributed by atoms with Crippen molar-refractivity contribution >= 4 is 40.4 Å². The highest BCUT2D eigenvalue weighted by Gasteiger charge is 2.17. The fourth-order valence-corrected chi connectivity index (χ4v) is 3.82. The van der Waals surface area contributed by atoms with E-state index < -0.39 is 6.10 Å². The molecule has 0 saturated heterocycles. The van der Waals surface area contributed by atoms with Gasteiger partial charge in [0.1, 0.15) is 10.8 Å². The predicted octanol–water partition coefficient (Wildman–Crippen LogP) is 5.51. The maximum absolute atomic E-state index is 12.3. The number of benzene rings is 2. The van der Waals surface area contributed by atoms with Crippen molar-refractivity contribution in [3.63, 3.8) is 0 Å². The Morgan fingerprint density at radius 2 is 2.04 bits per heavy atom. The van der Waals surface area contributed by atoms with Crippen LogP contribution in [0.25, 0.3) is 10.6 Å². The van der Waals surface area contributed by atoms with Crippen LogP contribution in [0.2, 0.25) is 10.0 Å². The normalized spacial score (nSPS) is 11.9. The summed E-state index contributed by atoms with van der Waals surface area (Å²) in [6.07, 6.45) is -0.696. The minimum Gasteiger partial charge on any atom is -0.479 e. The third kappa shape index (κ3) is 5.01.